The highest BCUT2D eigenvalue weighted by molar-refractivity contribution is 7.10. The van der Waals surface area contributed by atoms with Gasteiger partial charge in [-0.3, -0.25) is 4.79 Å². The zero-order valence-corrected chi connectivity index (χ0v) is 15.2. The third kappa shape index (κ3) is 3.27. The first-order valence-electron chi connectivity index (χ1n) is 7.97. The van der Waals surface area contributed by atoms with Crippen LogP contribution in [-0.2, 0) is 0 Å². The fraction of sp³-hybridized carbons (Fsp3) is 0.316. The number of carbonyl (C=O) groups is 1. The summed E-state index contributed by atoms with van der Waals surface area (Å²) in [5.41, 5.74) is 0.492. The van der Waals surface area contributed by atoms with Crippen molar-refractivity contribution in [3.8, 4) is 5.75 Å². The molecule has 5 nitrogen and oxygen atoms in total. The van der Waals surface area contributed by atoms with E-state index in [2.05, 4.69) is 5.32 Å². The third-order valence-corrected chi connectivity index (χ3v) is 5.26. The van der Waals surface area contributed by atoms with E-state index in [1.165, 1.54) is 6.26 Å². The van der Waals surface area contributed by atoms with Gasteiger partial charge in [0.2, 0.25) is 0 Å². The Morgan fingerprint density at radius 2 is 2.16 bits per heavy atom. The maximum Gasteiger partial charge on any atom is 0.255 e. The molecule has 3 rings (SSSR count). The number of rotatable bonds is 6. The highest BCUT2D eigenvalue weighted by atomic mass is 32.1. The van der Waals surface area contributed by atoms with Crippen LogP contribution in [0.3, 0.4) is 0 Å². The number of ether oxygens (including phenoxy) is 1. The SMILES string of the molecule is COc1cccc2c(C(=O)NC(c3cccs3)C(C)(C)CO)coc12. The summed E-state index contributed by atoms with van der Waals surface area (Å²) >= 11 is 1.55. The summed E-state index contributed by atoms with van der Waals surface area (Å²) in [4.78, 5) is 13.9. The fourth-order valence-electron chi connectivity index (χ4n) is 2.77. The van der Waals surface area contributed by atoms with Crippen LogP contribution in [0.25, 0.3) is 11.0 Å². The number of amides is 1. The van der Waals surface area contributed by atoms with Crippen molar-refractivity contribution in [1.82, 2.24) is 5.32 Å². The lowest BCUT2D eigenvalue weighted by molar-refractivity contribution is 0.0814. The van der Waals surface area contributed by atoms with Crippen molar-refractivity contribution < 1.29 is 19.1 Å². The van der Waals surface area contributed by atoms with Crippen molar-refractivity contribution >= 4 is 28.2 Å². The summed E-state index contributed by atoms with van der Waals surface area (Å²) in [6.45, 7) is 3.80. The van der Waals surface area contributed by atoms with Gasteiger partial charge in [0.15, 0.2) is 11.3 Å². The number of aliphatic hydroxyl groups excluding tert-OH is 1. The van der Waals surface area contributed by atoms with Gasteiger partial charge in [0.1, 0.15) is 6.26 Å². The summed E-state index contributed by atoms with van der Waals surface area (Å²) in [7, 11) is 1.56. The third-order valence-electron chi connectivity index (χ3n) is 4.32. The number of hydrogen-bond acceptors (Lipinski definition) is 5. The molecule has 1 aromatic carbocycles. The molecule has 0 aliphatic rings. The second kappa shape index (κ2) is 6.90. The van der Waals surface area contributed by atoms with Gasteiger partial charge in [0.05, 0.1) is 25.3 Å². The molecule has 132 valence electrons. The number of aliphatic hydroxyl groups is 1. The Balaban J connectivity index is 1.95. The van der Waals surface area contributed by atoms with Crippen molar-refractivity contribution in [1.29, 1.82) is 0 Å². The van der Waals surface area contributed by atoms with Crippen LogP contribution in [0.1, 0.15) is 35.1 Å². The molecule has 0 saturated heterocycles. The van der Waals surface area contributed by atoms with Crippen LogP contribution in [0.2, 0.25) is 0 Å². The van der Waals surface area contributed by atoms with Gasteiger partial charge in [-0.2, -0.15) is 0 Å². The van der Waals surface area contributed by atoms with Crippen LogP contribution in [-0.4, -0.2) is 24.7 Å². The normalized spacial score (nSPS) is 13.0. The molecule has 6 heteroatoms. The highest BCUT2D eigenvalue weighted by Gasteiger charge is 2.33. The zero-order valence-electron chi connectivity index (χ0n) is 14.4. The maximum atomic E-state index is 12.9. The second-order valence-electron chi connectivity index (χ2n) is 6.55. The van der Waals surface area contributed by atoms with Gasteiger partial charge in [0.25, 0.3) is 5.91 Å². The quantitative estimate of drug-likeness (QED) is 0.698. The Kier molecular flexibility index (Phi) is 4.83. The summed E-state index contributed by atoms with van der Waals surface area (Å²) in [6.07, 6.45) is 1.44. The summed E-state index contributed by atoms with van der Waals surface area (Å²) in [5, 5.41) is 15.5. The number of carbonyl (C=O) groups excluding carboxylic acids is 1. The van der Waals surface area contributed by atoms with Gasteiger partial charge in [-0.05, 0) is 17.5 Å². The minimum atomic E-state index is -0.502. The van der Waals surface area contributed by atoms with Crippen molar-refractivity contribution in [2.75, 3.05) is 13.7 Å². The largest absolute Gasteiger partial charge is 0.493 e. The number of furan rings is 1. The van der Waals surface area contributed by atoms with Gasteiger partial charge < -0.3 is 19.6 Å². The summed E-state index contributed by atoms with van der Waals surface area (Å²) < 4.78 is 10.8. The first-order chi connectivity index (χ1) is 12.0. The van der Waals surface area contributed by atoms with E-state index in [-0.39, 0.29) is 18.6 Å². The van der Waals surface area contributed by atoms with E-state index < -0.39 is 5.41 Å². The molecular weight excluding hydrogens is 338 g/mol. The van der Waals surface area contributed by atoms with E-state index in [4.69, 9.17) is 9.15 Å². The average Bonchev–Trinajstić information content (AvgIpc) is 3.28. The smallest absolute Gasteiger partial charge is 0.255 e. The zero-order chi connectivity index (χ0) is 18.0. The molecule has 0 aliphatic carbocycles. The number of para-hydroxylation sites is 1. The topological polar surface area (TPSA) is 71.7 Å². The number of benzene rings is 1. The van der Waals surface area contributed by atoms with Crippen LogP contribution in [0, 0.1) is 5.41 Å². The van der Waals surface area contributed by atoms with E-state index >= 15 is 0 Å². The molecule has 2 aromatic heterocycles. The van der Waals surface area contributed by atoms with Gasteiger partial charge >= 0.3 is 0 Å². The Hall–Kier alpha value is -2.31. The molecule has 0 fully saturated rings. The van der Waals surface area contributed by atoms with Crippen molar-refractivity contribution in [2.24, 2.45) is 5.41 Å². The summed E-state index contributed by atoms with van der Waals surface area (Å²) in [5.74, 6) is 0.342. The lowest BCUT2D eigenvalue weighted by Gasteiger charge is -2.32. The number of fused-ring (bicyclic) bond motifs is 1. The molecule has 2 N–H and O–H groups in total. The predicted molar refractivity (Wildman–Crippen MR) is 98.2 cm³/mol. The Morgan fingerprint density at radius 3 is 2.80 bits per heavy atom. The van der Waals surface area contributed by atoms with Crippen LogP contribution in [0.4, 0.5) is 0 Å². The molecule has 1 atom stereocenters. The van der Waals surface area contributed by atoms with Crippen LogP contribution < -0.4 is 10.1 Å². The van der Waals surface area contributed by atoms with E-state index in [0.717, 1.165) is 4.88 Å². The van der Waals surface area contributed by atoms with Crippen LogP contribution >= 0.6 is 11.3 Å². The molecule has 0 saturated carbocycles. The Bertz CT molecular complexity index is 867. The highest BCUT2D eigenvalue weighted by Crippen LogP contribution is 2.36. The molecule has 1 unspecified atom stereocenters. The van der Waals surface area contributed by atoms with Crippen molar-refractivity contribution in [3.05, 3.63) is 52.4 Å². The lowest BCUT2D eigenvalue weighted by Crippen LogP contribution is -2.39. The van der Waals surface area contributed by atoms with Gasteiger partial charge in [-0.25, -0.2) is 0 Å². The van der Waals surface area contributed by atoms with E-state index in [1.54, 1.807) is 24.5 Å². The van der Waals surface area contributed by atoms with Crippen molar-refractivity contribution in [2.45, 2.75) is 19.9 Å². The first kappa shape index (κ1) is 17.5. The molecule has 0 bridgehead atoms. The van der Waals surface area contributed by atoms with Crippen molar-refractivity contribution in [3.63, 3.8) is 0 Å². The van der Waals surface area contributed by atoms with Gasteiger partial charge in [0, 0.05) is 15.7 Å². The Labute approximate surface area is 150 Å². The molecule has 0 aliphatic heterocycles. The molecule has 0 radical (unpaired) electrons. The Morgan fingerprint density at radius 1 is 1.36 bits per heavy atom. The standard InChI is InChI=1S/C19H21NO4S/c1-19(2,11-21)17(15-8-5-9-25-15)20-18(22)13-10-24-16-12(13)6-4-7-14(16)23-3/h4-10,17,21H,11H2,1-3H3,(H,20,22). The fourth-order valence-corrected chi connectivity index (χ4v) is 3.76. The average molecular weight is 359 g/mol. The molecule has 0 spiro atoms. The summed E-state index contributed by atoms with van der Waals surface area (Å²) in [6, 6.07) is 9.03. The lowest BCUT2D eigenvalue weighted by atomic mass is 9.84. The maximum absolute atomic E-state index is 12.9. The molecule has 25 heavy (non-hydrogen) atoms. The van der Waals surface area contributed by atoms with E-state index in [0.29, 0.717) is 22.3 Å². The number of hydrogen-bond donors (Lipinski definition) is 2. The molecule has 2 heterocycles. The monoisotopic (exact) mass is 359 g/mol. The second-order valence-corrected chi connectivity index (χ2v) is 7.53. The van der Waals surface area contributed by atoms with Gasteiger partial charge in [-0.15, -0.1) is 11.3 Å². The minimum absolute atomic E-state index is 0.0458. The van der Waals surface area contributed by atoms with Crippen LogP contribution in [0.15, 0.2) is 46.4 Å². The minimum Gasteiger partial charge on any atom is -0.493 e. The first-order valence-corrected chi connectivity index (χ1v) is 8.85. The van der Waals surface area contributed by atoms with Gasteiger partial charge in [-0.1, -0.05) is 32.0 Å². The number of thiophene rings is 1. The number of nitrogens with one attached hydrogen (secondary N) is 1. The van der Waals surface area contributed by atoms with E-state index in [9.17, 15) is 9.90 Å². The molecule has 1 amide bonds. The molecular formula is C19H21NO4S. The van der Waals surface area contributed by atoms with Crippen LogP contribution in [0.5, 0.6) is 5.75 Å². The molecule has 3 aromatic rings. The van der Waals surface area contributed by atoms with E-state index in [1.807, 2.05) is 43.5 Å². The predicted octanol–water partition coefficient (Wildman–Crippen LogP) is 3.99. The number of methoxy groups -OCH3 is 1.